The lowest BCUT2D eigenvalue weighted by atomic mass is 10.1. The summed E-state index contributed by atoms with van der Waals surface area (Å²) in [5.41, 5.74) is 6.75. The Labute approximate surface area is 145 Å². The van der Waals surface area contributed by atoms with E-state index in [2.05, 4.69) is 9.98 Å². The van der Waals surface area contributed by atoms with Gasteiger partial charge < -0.3 is 15.6 Å². The van der Waals surface area contributed by atoms with Gasteiger partial charge in [-0.1, -0.05) is 12.1 Å². The summed E-state index contributed by atoms with van der Waals surface area (Å²) in [6, 6.07) is 7.45. The number of nitrogens with zero attached hydrogens (tertiary/aromatic N) is 2. The van der Waals surface area contributed by atoms with Crippen LogP contribution in [0.25, 0.3) is 0 Å². The number of aryl methyl sites for hydroxylation is 1. The highest BCUT2D eigenvalue weighted by molar-refractivity contribution is 7.09. The van der Waals surface area contributed by atoms with Gasteiger partial charge >= 0.3 is 0 Å². The van der Waals surface area contributed by atoms with E-state index in [9.17, 15) is 9.90 Å². The number of thiazole rings is 1. The maximum atomic E-state index is 10.7. The third kappa shape index (κ3) is 5.75. The molecule has 1 amide bonds. The molecule has 24 heavy (non-hydrogen) atoms. The molecule has 2 aromatic rings. The number of rotatable bonds is 8. The molecule has 0 saturated carbocycles. The molecule has 0 fully saturated rings. The number of benzene rings is 1. The molecule has 0 aliphatic rings. The van der Waals surface area contributed by atoms with Crippen molar-refractivity contribution in [2.24, 2.45) is 10.7 Å². The number of aliphatic hydroxyl groups excluding tert-OH is 1. The Morgan fingerprint density at radius 3 is 2.75 bits per heavy atom. The quantitative estimate of drug-likeness (QED) is 0.714. The predicted molar refractivity (Wildman–Crippen MR) is 94.6 cm³/mol. The molecule has 0 aliphatic carbocycles. The molecule has 7 heteroatoms. The van der Waals surface area contributed by atoms with Crippen molar-refractivity contribution < 1.29 is 14.6 Å². The van der Waals surface area contributed by atoms with Crippen LogP contribution in [-0.4, -0.2) is 34.9 Å². The first-order valence-electron chi connectivity index (χ1n) is 7.57. The number of ether oxygens (including phenoxy) is 1. The molecule has 1 aromatic carbocycles. The molecule has 0 radical (unpaired) electrons. The van der Waals surface area contributed by atoms with Crippen molar-refractivity contribution in [1.82, 2.24) is 4.98 Å². The minimum atomic E-state index is -0.776. The number of aliphatic imine (C=N–C) groups is 1. The largest absolute Gasteiger partial charge is 0.484 e. The van der Waals surface area contributed by atoms with Gasteiger partial charge in [0.15, 0.2) is 6.61 Å². The fourth-order valence-electron chi connectivity index (χ4n) is 2.09. The third-order valence-corrected chi connectivity index (χ3v) is 4.05. The SMILES string of the molecule is Cc1nc(C(O)C=NC(C)Cc2ccc(OCC(N)=O)cc2)cs1. The zero-order valence-corrected chi connectivity index (χ0v) is 14.5. The van der Waals surface area contributed by atoms with Crippen LogP contribution in [0.15, 0.2) is 34.6 Å². The van der Waals surface area contributed by atoms with Gasteiger partial charge in [0.25, 0.3) is 5.91 Å². The smallest absolute Gasteiger partial charge is 0.255 e. The van der Waals surface area contributed by atoms with Gasteiger partial charge in [-0.3, -0.25) is 9.79 Å². The second-order valence-corrected chi connectivity index (χ2v) is 6.55. The third-order valence-electron chi connectivity index (χ3n) is 3.26. The summed E-state index contributed by atoms with van der Waals surface area (Å²) in [7, 11) is 0. The molecule has 2 unspecified atom stereocenters. The predicted octanol–water partition coefficient (Wildman–Crippen LogP) is 2.05. The van der Waals surface area contributed by atoms with Gasteiger partial charge in [-0.25, -0.2) is 4.98 Å². The number of primary amides is 1. The molecule has 2 rings (SSSR count). The maximum Gasteiger partial charge on any atom is 0.255 e. The first kappa shape index (κ1) is 18.1. The monoisotopic (exact) mass is 347 g/mol. The van der Waals surface area contributed by atoms with Gasteiger partial charge in [0.2, 0.25) is 0 Å². The van der Waals surface area contributed by atoms with Gasteiger partial charge in [-0.15, -0.1) is 11.3 Å². The summed E-state index contributed by atoms with van der Waals surface area (Å²) in [4.78, 5) is 19.3. The van der Waals surface area contributed by atoms with Gasteiger partial charge in [0.05, 0.1) is 16.7 Å². The molecule has 0 bridgehead atoms. The zero-order valence-electron chi connectivity index (χ0n) is 13.7. The highest BCUT2D eigenvalue weighted by Gasteiger charge is 2.09. The van der Waals surface area contributed by atoms with Crippen LogP contribution in [0, 0.1) is 6.92 Å². The number of amides is 1. The van der Waals surface area contributed by atoms with Gasteiger partial charge in [-0.2, -0.15) is 0 Å². The number of carbonyl (C=O) groups is 1. The molecule has 0 saturated heterocycles. The second kappa shape index (κ2) is 8.56. The maximum absolute atomic E-state index is 10.7. The molecule has 1 aromatic heterocycles. The van der Waals surface area contributed by atoms with Crippen molar-refractivity contribution in [2.75, 3.05) is 6.61 Å². The minimum absolute atomic E-state index is 0.0248. The molecule has 6 nitrogen and oxygen atoms in total. The fraction of sp³-hybridized carbons (Fsp3) is 0.353. The van der Waals surface area contributed by atoms with Crippen LogP contribution >= 0.6 is 11.3 Å². The van der Waals surface area contributed by atoms with Crippen molar-refractivity contribution in [2.45, 2.75) is 32.4 Å². The Balaban J connectivity index is 1.86. The molecule has 0 spiro atoms. The van der Waals surface area contributed by atoms with E-state index in [1.54, 1.807) is 12.1 Å². The van der Waals surface area contributed by atoms with E-state index in [1.165, 1.54) is 17.6 Å². The topological polar surface area (TPSA) is 97.8 Å². The number of aliphatic hydroxyl groups is 1. The van der Waals surface area contributed by atoms with Crippen LogP contribution in [-0.2, 0) is 11.2 Å². The van der Waals surface area contributed by atoms with Gasteiger partial charge in [0.1, 0.15) is 11.9 Å². The Hall–Kier alpha value is -2.25. The second-order valence-electron chi connectivity index (χ2n) is 5.49. The van der Waals surface area contributed by atoms with Crippen molar-refractivity contribution in [3.8, 4) is 5.75 Å². The number of aromatic nitrogens is 1. The van der Waals surface area contributed by atoms with E-state index in [-0.39, 0.29) is 12.6 Å². The Morgan fingerprint density at radius 1 is 1.46 bits per heavy atom. The van der Waals surface area contributed by atoms with Crippen LogP contribution in [0.5, 0.6) is 5.75 Å². The molecule has 3 N–H and O–H groups in total. The van der Waals surface area contributed by atoms with E-state index >= 15 is 0 Å². The lowest BCUT2D eigenvalue weighted by molar-refractivity contribution is -0.119. The molecular weight excluding hydrogens is 326 g/mol. The summed E-state index contributed by atoms with van der Waals surface area (Å²) in [6.45, 7) is 3.75. The summed E-state index contributed by atoms with van der Waals surface area (Å²) in [5.74, 6) is 0.0962. The van der Waals surface area contributed by atoms with E-state index in [4.69, 9.17) is 10.5 Å². The summed E-state index contributed by atoms with van der Waals surface area (Å²) >= 11 is 1.50. The number of hydrogen-bond donors (Lipinski definition) is 2. The number of carbonyl (C=O) groups excluding carboxylic acids is 1. The van der Waals surface area contributed by atoms with Crippen molar-refractivity contribution in [1.29, 1.82) is 0 Å². The average molecular weight is 347 g/mol. The lowest BCUT2D eigenvalue weighted by Gasteiger charge is -2.09. The summed E-state index contributed by atoms with van der Waals surface area (Å²) < 4.78 is 5.21. The molecular formula is C17H21N3O3S. The van der Waals surface area contributed by atoms with Crippen LogP contribution in [0.3, 0.4) is 0 Å². The van der Waals surface area contributed by atoms with E-state index in [0.717, 1.165) is 17.0 Å². The molecule has 1 heterocycles. The van der Waals surface area contributed by atoms with Crippen LogP contribution in [0.1, 0.15) is 29.3 Å². The number of hydrogen-bond acceptors (Lipinski definition) is 6. The lowest BCUT2D eigenvalue weighted by Crippen LogP contribution is -2.20. The van der Waals surface area contributed by atoms with E-state index in [0.29, 0.717) is 11.4 Å². The normalized spacial score (nSPS) is 13.8. The molecule has 2 atom stereocenters. The molecule has 0 aliphatic heterocycles. The average Bonchev–Trinajstić information content (AvgIpc) is 2.98. The first-order valence-corrected chi connectivity index (χ1v) is 8.45. The van der Waals surface area contributed by atoms with Crippen molar-refractivity contribution >= 4 is 23.5 Å². The van der Waals surface area contributed by atoms with Crippen molar-refractivity contribution in [3.63, 3.8) is 0 Å². The highest BCUT2D eigenvalue weighted by Crippen LogP contribution is 2.16. The van der Waals surface area contributed by atoms with Crippen LogP contribution in [0.4, 0.5) is 0 Å². The fourth-order valence-corrected chi connectivity index (χ4v) is 2.73. The molecule has 128 valence electrons. The van der Waals surface area contributed by atoms with Gasteiger partial charge in [-0.05, 0) is 38.0 Å². The van der Waals surface area contributed by atoms with E-state index < -0.39 is 12.0 Å². The minimum Gasteiger partial charge on any atom is -0.484 e. The zero-order chi connectivity index (χ0) is 17.5. The number of nitrogens with two attached hydrogens (primary N) is 1. The van der Waals surface area contributed by atoms with Crippen LogP contribution in [0.2, 0.25) is 0 Å². The highest BCUT2D eigenvalue weighted by atomic mass is 32.1. The summed E-state index contributed by atoms with van der Waals surface area (Å²) in [6.07, 6.45) is 1.49. The summed E-state index contributed by atoms with van der Waals surface area (Å²) in [5, 5.41) is 12.8. The van der Waals surface area contributed by atoms with Gasteiger partial charge in [0, 0.05) is 11.6 Å². The Kier molecular flexibility index (Phi) is 6.45. The van der Waals surface area contributed by atoms with E-state index in [1.807, 2.05) is 31.4 Å². The van der Waals surface area contributed by atoms with Crippen LogP contribution < -0.4 is 10.5 Å². The standard InChI is InChI=1S/C17H21N3O3S/c1-11(19-8-16(21)15-10-24-12(2)20-15)7-13-3-5-14(6-4-13)23-9-17(18)22/h3-6,8,10-11,16,21H,7,9H2,1-2H3,(H2,18,22). The Bertz CT molecular complexity index is 697. The Morgan fingerprint density at radius 2 is 2.17 bits per heavy atom. The van der Waals surface area contributed by atoms with Crippen molar-refractivity contribution in [3.05, 3.63) is 45.9 Å². The first-order chi connectivity index (χ1) is 11.4.